The summed E-state index contributed by atoms with van der Waals surface area (Å²) in [6, 6.07) is 7.75. The van der Waals surface area contributed by atoms with Gasteiger partial charge in [0.05, 0.1) is 25.6 Å². The van der Waals surface area contributed by atoms with E-state index in [0.717, 1.165) is 0 Å². The highest BCUT2D eigenvalue weighted by molar-refractivity contribution is 5.90. The van der Waals surface area contributed by atoms with Gasteiger partial charge in [-0.15, -0.1) is 0 Å². The molecule has 0 aliphatic carbocycles. The topological polar surface area (TPSA) is 104 Å². The van der Waals surface area contributed by atoms with E-state index in [0.29, 0.717) is 17.1 Å². The standard InChI is InChI=1S/C14H13N3O4/c1-20-13(18)10-5-3-4-9(16-10)12-8(15)6-7-11(17-12)14(19)21-2/h3-7H,15H2,1-2H3. The van der Waals surface area contributed by atoms with Crippen LogP contribution in [-0.4, -0.2) is 36.1 Å². The van der Waals surface area contributed by atoms with Crippen LogP contribution in [0, 0.1) is 0 Å². The monoisotopic (exact) mass is 287 g/mol. The average molecular weight is 287 g/mol. The van der Waals surface area contributed by atoms with E-state index in [4.69, 9.17) is 5.73 Å². The zero-order chi connectivity index (χ0) is 15.4. The fourth-order valence-electron chi connectivity index (χ4n) is 1.68. The molecule has 0 aromatic carbocycles. The van der Waals surface area contributed by atoms with Crippen molar-refractivity contribution in [2.45, 2.75) is 0 Å². The molecule has 0 aliphatic rings. The molecule has 2 aromatic heterocycles. The second-order valence-electron chi connectivity index (χ2n) is 4.03. The Morgan fingerprint density at radius 3 is 2.19 bits per heavy atom. The molecule has 7 heteroatoms. The van der Waals surface area contributed by atoms with Crippen molar-refractivity contribution in [3.05, 3.63) is 41.7 Å². The number of pyridine rings is 2. The predicted octanol–water partition coefficient (Wildman–Crippen LogP) is 1.30. The lowest BCUT2D eigenvalue weighted by Gasteiger charge is -2.07. The first-order valence-electron chi connectivity index (χ1n) is 5.97. The van der Waals surface area contributed by atoms with Crippen LogP contribution in [0.3, 0.4) is 0 Å². The summed E-state index contributed by atoms with van der Waals surface area (Å²) in [4.78, 5) is 31.3. The van der Waals surface area contributed by atoms with Gasteiger partial charge < -0.3 is 15.2 Å². The highest BCUT2D eigenvalue weighted by Gasteiger charge is 2.14. The number of hydrogen-bond acceptors (Lipinski definition) is 7. The van der Waals surface area contributed by atoms with Crippen LogP contribution < -0.4 is 5.73 Å². The van der Waals surface area contributed by atoms with E-state index in [1.54, 1.807) is 12.1 Å². The molecule has 2 rings (SSSR count). The Balaban J connectivity index is 2.51. The molecule has 0 radical (unpaired) electrons. The van der Waals surface area contributed by atoms with Gasteiger partial charge in [0.2, 0.25) is 0 Å². The van der Waals surface area contributed by atoms with Crippen LogP contribution in [0.15, 0.2) is 30.3 Å². The summed E-state index contributed by atoms with van der Waals surface area (Å²) in [5.74, 6) is -1.15. The molecule has 0 unspecified atom stereocenters. The zero-order valence-electron chi connectivity index (χ0n) is 11.5. The molecule has 2 N–H and O–H groups in total. The molecule has 0 spiro atoms. The Bertz CT molecular complexity index is 700. The molecule has 0 atom stereocenters. The van der Waals surface area contributed by atoms with Crippen molar-refractivity contribution >= 4 is 17.6 Å². The molecular formula is C14H13N3O4. The first-order chi connectivity index (χ1) is 10.1. The number of carbonyl (C=O) groups is 2. The Hall–Kier alpha value is -2.96. The molecule has 2 heterocycles. The number of carbonyl (C=O) groups excluding carboxylic acids is 2. The third kappa shape index (κ3) is 2.97. The molecule has 0 aliphatic heterocycles. The SMILES string of the molecule is COC(=O)c1cccc(-c2nc(C(=O)OC)ccc2N)n1. The van der Waals surface area contributed by atoms with Crippen LogP contribution in [0.25, 0.3) is 11.4 Å². The Kier molecular flexibility index (Phi) is 4.13. The number of aromatic nitrogens is 2. The van der Waals surface area contributed by atoms with Gasteiger partial charge in [-0.25, -0.2) is 19.6 Å². The Morgan fingerprint density at radius 2 is 1.57 bits per heavy atom. The van der Waals surface area contributed by atoms with E-state index in [1.807, 2.05) is 0 Å². The van der Waals surface area contributed by atoms with Gasteiger partial charge in [0, 0.05) is 0 Å². The number of nitrogens with two attached hydrogens (primary N) is 1. The van der Waals surface area contributed by atoms with Crippen molar-refractivity contribution in [3.63, 3.8) is 0 Å². The second-order valence-corrected chi connectivity index (χ2v) is 4.03. The fourth-order valence-corrected chi connectivity index (χ4v) is 1.68. The normalized spacial score (nSPS) is 10.0. The molecule has 21 heavy (non-hydrogen) atoms. The average Bonchev–Trinajstić information content (AvgIpc) is 2.53. The predicted molar refractivity (Wildman–Crippen MR) is 74.6 cm³/mol. The van der Waals surface area contributed by atoms with Crippen molar-refractivity contribution in [1.29, 1.82) is 0 Å². The van der Waals surface area contributed by atoms with Gasteiger partial charge in [0.1, 0.15) is 17.1 Å². The zero-order valence-corrected chi connectivity index (χ0v) is 11.5. The maximum atomic E-state index is 11.5. The van der Waals surface area contributed by atoms with Crippen molar-refractivity contribution < 1.29 is 19.1 Å². The number of methoxy groups -OCH3 is 2. The maximum Gasteiger partial charge on any atom is 0.356 e. The van der Waals surface area contributed by atoms with Gasteiger partial charge >= 0.3 is 11.9 Å². The molecule has 0 fully saturated rings. The molecule has 0 bridgehead atoms. The van der Waals surface area contributed by atoms with E-state index < -0.39 is 11.9 Å². The lowest BCUT2D eigenvalue weighted by Crippen LogP contribution is -2.08. The third-order valence-electron chi connectivity index (χ3n) is 2.71. The van der Waals surface area contributed by atoms with Gasteiger partial charge in [-0.05, 0) is 24.3 Å². The van der Waals surface area contributed by atoms with Gasteiger partial charge in [-0.2, -0.15) is 0 Å². The summed E-state index contributed by atoms with van der Waals surface area (Å²) >= 11 is 0. The molecule has 0 amide bonds. The van der Waals surface area contributed by atoms with E-state index in [-0.39, 0.29) is 11.4 Å². The number of rotatable bonds is 3. The first-order valence-corrected chi connectivity index (χ1v) is 5.97. The van der Waals surface area contributed by atoms with Crippen LogP contribution in [0.2, 0.25) is 0 Å². The largest absolute Gasteiger partial charge is 0.464 e. The minimum atomic E-state index is -0.583. The van der Waals surface area contributed by atoms with Crippen molar-refractivity contribution in [2.75, 3.05) is 20.0 Å². The minimum Gasteiger partial charge on any atom is -0.464 e. The van der Waals surface area contributed by atoms with Crippen molar-refractivity contribution in [2.24, 2.45) is 0 Å². The highest BCUT2D eigenvalue weighted by Crippen LogP contribution is 2.22. The lowest BCUT2D eigenvalue weighted by molar-refractivity contribution is 0.0585. The van der Waals surface area contributed by atoms with Crippen LogP contribution >= 0.6 is 0 Å². The van der Waals surface area contributed by atoms with Gasteiger partial charge in [0.15, 0.2) is 0 Å². The second kappa shape index (κ2) is 6.00. The Morgan fingerprint density at radius 1 is 0.952 bits per heavy atom. The molecule has 0 saturated carbocycles. The number of ether oxygens (including phenoxy) is 2. The van der Waals surface area contributed by atoms with Crippen LogP contribution in [0.5, 0.6) is 0 Å². The number of esters is 2. The van der Waals surface area contributed by atoms with E-state index >= 15 is 0 Å². The lowest BCUT2D eigenvalue weighted by atomic mass is 10.2. The van der Waals surface area contributed by atoms with Gasteiger partial charge in [-0.3, -0.25) is 0 Å². The van der Waals surface area contributed by atoms with Crippen molar-refractivity contribution in [3.8, 4) is 11.4 Å². The smallest absolute Gasteiger partial charge is 0.356 e. The van der Waals surface area contributed by atoms with Crippen molar-refractivity contribution in [1.82, 2.24) is 9.97 Å². The summed E-state index contributed by atoms with van der Waals surface area (Å²) in [6.07, 6.45) is 0. The summed E-state index contributed by atoms with van der Waals surface area (Å²) in [6.45, 7) is 0. The molecule has 2 aromatic rings. The Labute approximate surface area is 120 Å². The number of anilines is 1. The van der Waals surface area contributed by atoms with E-state index in [9.17, 15) is 9.59 Å². The van der Waals surface area contributed by atoms with E-state index in [1.165, 1.54) is 32.4 Å². The highest BCUT2D eigenvalue weighted by atomic mass is 16.5. The minimum absolute atomic E-state index is 0.104. The van der Waals surface area contributed by atoms with Crippen LogP contribution in [0.1, 0.15) is 21.0 Å². The molecular weight excluding hydrogens is 274 g/mol. The van der Waals surface area contributed by atoms with Gasteiger partial charge in [-0.1, -0.05) is 6.07 Å². The summed E-state index contributed by atoms with van der Waals surface area (Å²) < 4.78 is 9.22. The summed E-state index contributed by atoms with van der Waals surface area (Å²) in [5.41, 5.74) is 7.07. The van der Waals surface area contributed by atoms with Gasteiger partial charge in [0.25, 0.3) is 0 Å². The maximum absolute atomic E-state index is 11.5. The quantitative estimate of drug-likeness (QED) is 0.848. The van der Waals surface area contributed by atoms with Crippen LogP contribution in [0.4, 0.5) is 5.69 Å². The van der Waals surface area contributed by atoms with Crippen LogP contribution in [-0.2, 0) is 9.47 Å². The van der Waals surface area contributed by atoms with E-state index in [2.05, 4.69) is 19.4 Å². The first kappa shape index (κ1) is 14.4. The number of nitrogens with zero attached hydrogens (tertiary/aromatic N) is 2. The number of hydrogen-bond donors (Lipinski definition) is 1. The summed E-state index contributed by atoms with van der Waals surface area (Å²) in [5, 5.41) is 0. The number of nitrogen functional groups attached to an aromatic ring is 1. The molecule has 0 saturated heterocycles. The third-order valence-corrected chi connectivity index (χ3v) is 2.71. The summed E-state index contributed by atoms with van der Waals surface area (Å²) in [7, 11) is 2.53. The molecule has 108 valence electrons. The fraction of sp³-hybridized carbons (Fsp3) is 0.143. The molecule has 7 nitrogen and oxygen atoms in total.